The van der Waals surface area contributed by atoms with Crippen LogP contribution in [0.5, 0.6) is 5.75 Å². The van der Waals surface area contributed by atoms with Crippen molar-refractivity contribution in [1.82, 2.24) is 25.0 Å². The number of anilines is 1. The minimum absolute atomic E-state index is 0.224. The van der Waals surface area contributed by atoms with E-state index in [0.29, 0.717) is 18.5 Å². The van der Waals surface area contributed by atoms with Gasteiger partial charge in [-0.1, -0.05) is 17.3 Å². The molecule has 1 aliphatic carbocycles. The zero-order valence-corrected chi connectivity index (χ0v) is 15.8. The lowest BCUT2D eigenvalue weighted by molar-refractivity contribution is 0.386. The van der Waals surface area contributed by atoms with Gasteiger partial charge in [-0.15, -0.1) is 5.10 Å². The summed E-state index contributed by atoms with van der Waals surface area (Å²) in [5, 5.41) is 11.8. The molecule has 2 aromatic heterocycles. The first-order valence-electron chi connectivity index (χ1n) is 9.45. The molecular weight excluding hydrogens is 371 g/mol. The maximum Gasteiger partial charge on any atom is 0.223 e. The van der Waals surface area contributed by atoms with E-state index >= 15 is 0 Å². The monoisotopic (exact) mass is 390 g/mol. The van der Waals surface area contributed by atoms with Crippen molar-refractivity contribution in [1.29, 1.82) is 0 Å². The Bertz CT molecular complexity index is 1190. The maximum atomic E-state index is 14.0. The van der Waals surface area contributed by atoms with Crippen molar-refractivity contribution in [3.63, 3.8) is 0 Å². The highest BCUT2D eigenvalue weighted by atomic mass is 19.1. The Balaban J connectivity index is 1.42. The van der Waals surface area contributed by atoms with Crippen LogP contribution in [0.1, 0.15) is 18.4 Å². The summed E-state index contributed by atoms with van der Waals surface area (Å²) in [6, 6.07) is 13.2. The van der Waals surface area contributed by atoms with Crippen molar-refractivity contribution in [3.05, 3.63) is 60.0 Å². The second-order valence-corrected chi connectivity index (χ2v) is 7.10. The van der Waals surface area contributed by atoms with Gasteiger partial charge in [-0.05, 0) is 48.7 Å². The number of fused-ring (bicyclic) bond motifs is 1. The van der Waals surface area contributed by atoms with E-state index < -0.39 is 5.82 Å². The second-order valence-electron chi connectivity index (χ2n) is 7.10. The number of aromatic nitrogens is 5. The SMILES string of the molecule is COc1ccc(Cn2nnc3cc(-c4ccnc(NC5CC5)n4)ccc32)cc1F. The van der Waals surface area contributed by atoms with Crippen LogP contribution >= 0.6 is 0 Å². The van der Waals surface area contributed by atoms with Crippen LogP contribution in [-0.2, 0) is 6.54 Å². The molecule has 0 atom stereocenters. The fraction of sp³-hybridized carbons (Fsp3) is 0.238. The molecule has 0 saturated heterocycles. The molecule has 0 radical (unpaired) electrons. The highest BCUT2D eigenvalue weighted by Crippen LogP contribution is 2.26. The fourth-order valence-corrected chi connectivity index (χ4v) is 3.23. The number of methoxy groups -OCH3 is 1. The molecule has 0 spiro atoms. The molecule has 7 nitrogen and oxygen atoms in total. The summed E-state index contributed by atoms with van der Waals surface area (Å²) in [6.45, 7) is 0.416. The molecule has 4 aromatic rings. The van der Waals surface area contributed by atoms with Crippen LogP contribution in [0.3, 0.4) is 0 Å². The number of ether oxygens (including phenoxy) is 1. The number of halogens is 1. The molecule has 1 N–H and O–H groups in total. The topological polar surface area (TPSA) is 77.8 Å². The third kappa shape index (κ3) is 3.61. The van der Waals surface area contributed by atoms with E-state index in [0.717, 1.165) is 27.9 Å². The summed E-state index contributed by atoms with van der Waals surface area (Å²) >= 11 is 0. The van der Waals surface area contributed by atoms with Crippen molar-refractivity contribution < 1.29 is 9.13 Å². The van der Waals surface area contributed by atoms with Crippen LogP contribution in [0.4, 0.5) is 10.3 Å². The first kappa shape index (κ1) is 17.5. The lowest BCUT2D eigenvalue weighted by Crippen LogP contribution is -2.05. The van der Waals surface area contributed by atoms with Crippen molar-refractivity contribution in [2.45, 2.75) is 25.4 Å². The largest absolute Gasteiger partial charge is 0.494 e. The van der Waals surface area contributed by atoms with E-state index in [1.165, 1.54) is 26.0 Å². The van der Waals surface area contributed by atoms with Gasteiger partial charge in [-0.2, -0.15) is 0 Å². The lowest BCUT2D eigenvalue weighted by Gasteiger charge is -2.07. The number of benzene rings is 2. The molecule has 2 heterocycles. The molecule has 1 aliphatic rings. The lowest BCUT2D eigenvalue weighted by atomic mass is 10.1. The summed E-state index contributed by atoms with van der Waals surface area (Å²) in [6.07, 6.45) is 4.09. The van der Waals surface area contributed by atoms with E-state index in [4.69, 9.17) is 4.74 Å². The van der Waals surface area contributed by atoms with Gasteiger partial charge in [0, 0.05) is 17.8 Å². The molecule has 0 unspecified atom stereocenters. The molecule has 8 heteroatoms. The minimum Gasteiger partial charge on any atom is -0.494 e. The van der Waals surface area contributed by atoms with Gasteiger partial charge in [0.05, 0.1) is 24.9 Å². The standard InChI is InChI=1S/C21H19FN6O/c1-29-20-7-2-13(10-16(20)22)12-28-19-6-3-14(11-18(19)26-27-28)17-8-9-23-21(25-17)24-15-4-5-15/h2-3,6-11,15H,4-5,12H2,1H3,(H,23,24,25). The zero-order chi connectivity index (χ0) is 19.8. The first-order chi connectivity index (χ1) is 14.2. The Morgan fingerprint density at radius 3 is 2.86 bits per heavy atom. The van der Waals surface area contributed by atoms with E-state index in [2.05, 4.69) is 25.6 Å². The van der Waals surface area contributed by atoms with Crippen molar-refractivity contribution in [3.8, 4) is 17.0 Å². The Kier molecular flexibility index (Phi) is 4.31. The smallest absolute Gasteiger partial charge is 0.223 e. The van der Waals surface area contributed by atoms with Gasteiger partial charge in [-0.3, -0.25) is 0 Å². The number of rotatable bonds is 6. The Morgan fingerprint density at radius 1 is 1.17 bits per heavy atom. The normalized spacial score (nSPS) is 13.6. The molecule has 1 fully saturated rings. The van der Waals surface area contributed by atoms with Gasteiger partial charge in [-0.25, -0.2) is 19.0 Å². The van der Waals surface area contributed by atoms with Gasteiger partial charge in [0.2, 0.25) is 5.95 Å². The van der Waals surface area contributed by atoms with Gasteiger partial charge in [0.15, 0.2) is 11.6 Å². The minimum atomic E-state index is -0.393. The van der Waals surface area contributed by atoms with Crippen LogP contribution in [0.15, 0.2) is 48.7 Å². The average Bonchev–Trinajstić information content (AvgIpc) is 3.47. The second kappa shape index (κ2) is 7.12. The number of nitrogens with zero attached hydrogens (tertiary/aromatic N) is 5. The summed E-state index contributed by atoms with van der Waals surface area (Å²) in [5.41, 5.74) is 4.19. The van der Waals surface area contributed by atoms with E-state index in [9.17, 15) is 4.39 Å². The summed E-state index contributed by atoms with van der Waals surface area (Å²) < 4.78 is 20.7. The predicted octanol–water partition coefficient (Wildman–Crippen LogP) is 3.66. The van der Waals surface area contributed by atoms with Gasteiger partial charge in [0.25, 0.3) is 0 Å². The Morgan fingerprint density at radius 2 is 2.07 bits per heavy atom. The molecule has 29 heavy (non-hydrogen) atoms. The van der Waals surface area contributed by atoms with E-state index in [-0.39, 0.29) is 5.75 Å². The van der Waals surface area contributed by atoms with Crippen LogP contribution in [-0.4, -0.2) is 38.1 Å². The molecule has 1 saturated carbocycles. The molecular formula is C21H19FN6O. The molecule has 0 aliphatic heterocycles. The Labute approximate surface area is 166 Å². The Hall–Kier alpha value is -3.55. The predicted molar refractivity (Wildman–Crippen MR) is 107 cm³/mol. The van der Waals surface area contributed by atoms with E-state index in [1.54, 1.807) is 16.9 Å². The van der Waals surface area contributed by atoms with Crippen molar-refractivity contribution in [2.75, 3.05) is 12.4 Å². The maximum absolute atomic E-state index is 14.0. The zero-order valence-electron chi connectivity index (χ0n) is 15.8. The van der Waals surface area contributed by atoms with Crippen molar-refractivity contribution in [2.24, 2.45) is 0 Å². The highest BCUT2D eigenvalue weighted by Gasteiger charge is 2.22. The quantitative estimate of drug-likeness (QED) is 0.541. The highest BCUT2D eigenvalue weighted by molar-refractivity contribution is 5.80. The van der Waals surface area contributed by atoms with Crippen LogP contribution < -0.4 is 10.1 Å². The number of nitrogens with one attached hydrogen (secondary N) is 1. The summed E-state index contributed by atoms with van der Waals surface area (Å²) in [5.74, 6) is 0.480. The molecule has 2 aromatic carbocycles. The molecule has 0 amide bonds. The number of hydrogen-bond acceptors (Lipinski definition) is 6. The molecule has 5 rings (SSSR count). The third-order valence-corrected chi connectivity index (χ3v) is 4.92. The van der Waals surface area contributed by atoms with Crippen molar-refractivity contribution >= 4 is 17.0 Å². The summed E-state index contributed by atoms with van der Waals surface area (Å²) in [7, 11) is 1.45. The average molecular weight is 390 g/mol. The van der Waals surface area contributed by atoms with Gasteiger partial charge >= 0.3 is 0 Å². The third-order valence-electron chi connectivity index (χ3n) is 4.92. The van der Waals surface area contributed by atoms with E-state index in [1.807, 2.05) is 30.3 Å². The van der Waals surface area contributed by atoms with Crippen LogP contribution in [0.25, 0.3) is 22.3 Å². The molecule has 0 bridgehead atoms. The van der Waals surface area contributed by atoms with Crippen LogP contribution in [0, 0.1) is 5.82 Å². The first-order valence-corrected chi connectivity index (χ1v) is 9.45. The molecule has 146 valence electrons. The summed E-state index contributed by atoms with van der Waals surface area (Å²) in [4.78, 5) is 8.88. The number of hydrogen-bond donors (Lipinski definition) is 1. The van der Waals surface area contributed by atoms with Gasteiger partial charge < -0.3 is 10.1 Å². The van der Waals surface area contributed by atoms with Gasteiger partial charge in [0.1, 0.15) is 5.52 Å². The fourth-order valence-electron chi connectivity index (χ4n) is 3.23. The van der Waals surface area contributed by atoms with Crippen LogP contribution in [0.2, 0.25) is 0 Å².